The topological polar surface area (TPSA) is 38.9 Å². The molecule has 1 aromatic heterocycles. The fourth-order valence-electron chi connectivity index (χ4n) is 1.87. The van der Waals surface area contributed by atoms with E-state index in [1.165, 1.54) is 6.42 Å². The smallest absolute Gasteiger partial charge is 0.129 e. The fourth-order valence-corrected chi connectivity index (χ4v) is 2.04. The summed E-state index contributed by atoms with van der Waals surface area (Å²) in [4.78, 5) is 4.32. The van der Waals surface area contributed by atoms with Crippen molar-refractivity contribution >= 4 is 11.6 Å². The zero-order valence-electron chi connectivity index (χ0n) is 7.46. The maximum Gasteiger partial charge on any atom is 0.129 e. The summed E-state index contributed by atoms with van der Waals surface area (Å²) in [6.45, 7) is 0.681. The number of rotatable bonds is 2. The van der Waals surface area contributed by atoms with Crippen LogP contribution >= 0.6 is 11.6 Å². The van der Waals surface area contributed by atoms with E-state index in [9.17, 15) is 0 Å². The van der Waals surface area contributed by atoms with Gasteiger partial charge in [0, 0.05) is 17.7 Å². The minimum atomic E-state index is 0.130. The Morgan fingerprint density at radius 2 is 2.23 bits per heavy atom. The second-order valence-electron chi connectivity index (χ2n) is 3.68. The molecule has 3 heteroatoms. The molecule has 1 aliphatic carbocycles. The normalized spacial score (nSPS) is 19.5. The summed E-state index contributed by atoms with van der Waals surface area (Å²) in [6, 6.07) is 5.77. The van der Waals surface area contributed by atoms with Crippen LogP contribution in [0.4, 0.5) is 0 Å². The van der Waals surface area contributed by atoms with E-state index in [-0.39, 0.29) is 5.41 Å². The Labute approximate surface area is 83.1 Å². The third-order valence-electron chi connectivity index (χ3n) is 2.96. The summed E-state index contributed by atoms with van der Waals surface area (Å²) >= 11 is 5.84. The van der Waals surface area contributed by atoms with Gasteiger partial charge in [-0.1, -0.05) is 24.1 Å². The van der Waals surface area contributed by atoms with E-state index in [0.717, 1.165) is 18.5 Å². The number of hydrogen-bond donors (Lipinski definition) is 1. The highest BCUT2D eigenvalue weighted by atomic mass is 35.5. The van der Waals surface area contributed by atoms with Gasteiger partial charge in [-0.3, -0.25) is 0 Å². The van der Waals surface area contributed by atoms with Gasteiger partial charge in [-0.15, -0.1) is 0 Å². The Hall–Kier alpha value is -0.600. The van der Waals surface area contributed by atoms with Crippen molar-refractivity contribution in [3.63, 3.8) is 0 Å². The molecule has 13 heavy (non-hydrogen) atoms. The first kappa shape index (κ1) is 8.97. The van der Waals surface area contributed by atoms with Gasteiger partial charge < -0.3 is 5.73 Å². The van der Waals surface area contributed by atoms with Gasteiger partial charge in [0.25, 0.3) is 0 Å². The molecule has 1 heterocycles. The molecule has 0 aliphatic heterocycles. The van der Waals surface area contributed by atoms with Crippen molar-refractivity contribution in [1.82, 2.24) is 4.98 Å². The van der Waals surface area contributed by atoms with Crippen LogP contribution < -0.4 is 5.73 Å². The Morgan fingerprint density at radius 1 is 1.46 bits per heavy atom. The van der Waals surface area contributed by atoms with E-state index in [2.05, 4.69) is 4.98 Å². The molecular formula is C10H13ClN2. The summed E-state index contributed by atoms with van der Waals surface area (Å²) in [7, 11) is 0. The molecule has 0 bridgehead atoms. The van der Waals surface area contributed by atoms with E-state index in [1.807, 2.05) is 12.1 Å². The van der Waals surface area contributed by atoms with Crippen molar-refractivity contribution < 1.29 is 0 Å². The number of pyridine rings is 1. The van der Waals surface area contributed by atoms with Crippen LogP contribution in [0, 0.1) is 0 Å². The molecule has 0 aromatic carbocycles. The second kappa shape index (κ2) is 3.28. The molecule has 2 nitrogen and oxygen atoms in total. The minimum Gasteiger partial charge on any atom is -0.330 e. The lowest BCUT2D eigenvalue weighted by molar-refractivity contribution is 0.246. The molecular weight excluding hydrogens is 184 g/mol. The third-order valence-corrected chi connectivity index (χ3v) is 3.17. The Kier molecular flexibility index (Phi) is 2.26. The maximum absolute atomic E-state index is 5.84. The maximum atomic E-state index is 5.84. The summed E-state index contributed by atoms with van der Waals surface area (Å²) < 4.78 is 0. The van der Waals surface area contributed by atoms with Crippen molar-refractivity contribution in [3.8, 4) is 0 Å². The zero-order chi connectivity index (χ0) is 9.31. The van der Waals surface area contributed by atoms with Gasteiger partial charge in [-0.2, -0.15) is 0 Å². The molecule has 0 saturated heterocycles. The number of nitrogens with two attached hydrogens (primary N) is 1. The first-order valence-corrected chi connectivity index (χ1v) is 4.98. The van der Waals surface area contributed by atoms with Crippen molar-refractivity contribution in [2.75, 3.05) is 6.54 Å². The van der Waals surface area contributed by atoms with Gasteiger partial charge in [0.1, 0.15) is 5.15 Å². The van der Waals surface area contributed by atoms with Crippen LogP contribution in [-0.2, 0) is 5.41 Å². The highest BCUT2D eigenvalue weighted by Gasteiger charge is 2.38. The third kappa shape index (κ3) is 1.45. The molecule has 0 radical (unpaired) electrons. The van der Waals surface area contributed by atoms with Gasteiger partial charge in [0.05, 0.1) is 0 Å². The molecule has 0 atom stereocenters. The monoisotopic (exact) mass is 196 g/mol. The standard InChI is InChI=1S/C10H13ClN2/c11-9-4-1-3-8(13-9)10(7-12)5-2-6-10/h1,3-4H,2,5-7,12H2. The SMILES string of the molecule is NCC1(c2cccc(Cl)n2)CCC1. The van der Waals surface area contributed by atoms with Crippen molar-refractivity contribution in [3.05, 3.63) is 29.0 Å². The highest BCUT2D eigenvalue weighted by molar-refractivity contribution is 6.29. The molecule has 1 fully saturated rings. The van der Waals surface area contributed by atoms with Crippen LogP contribution in [0.15, 0.2) is 18.2 Å². The average Bonchev–Trinajstić information content (AvgIpc) is 2.03. The van der Waals surface area contributed by atoms with Gasteiger partial charge in [-0.05, 0) is 25.0 Å². The van der Waals surface area contributed by atoms with Crippen LogP contribution in [-0.4, -0.2) is 11.5 Å². The van der Waals surface area contributed by atoms with Crippen molar-refractivity contribution in [1.29, 1.82) is 0 Å². The van der Waals surface area contributed by atoms with Crippen LogP contribution in [0.1, 0.15) is 25.0 Å². The lowest BCUT2D eigenvalue weighted by atomic mass is 9.66. The largest absolute Gasteiger partial charge is 0.330 e. The lowest BCUT2D eigenvalue weighted by Gasteiger charge is -2.40. The lowest BCUT2D eigenvalue weighted by Crippen LogP contribution is -2.42. The number of halogens is 1. The van der Waals surface area contributed by atoms with Crippen LogP contribution in [0.5, 0.6) is 0 Å². The molecule has 0 amide bonds. The Bertz CT molecular complexity index is 302. The first-order chi connectivity index (χ1) is 6.27. The van der Waals surface area contributed by atoms with Gasteiger partial charge in [-0.25, -0.2) is 4.98 Å². The fraction of sp³-hybridized carbons (Fsp3) is 0.500. The van der Waals surface area contributed by atoms with Crippen LogP contribution in [0.3, 0.4) is 0 Å². The van der Waals surface area contributed by atoms with E-state index < -0.39 is 0 Å². The van der Waals surface area contributed by atoms with E-state index in [0.29, 0.717) is 11.7 Å². The molecule has 2 rings (SSSR count). The number of aromatic nitrogens is 1. The molecule has 0 unspecified atom stereocenters. The van der Waals surface area contributed by atoms with Gasteiger partial charge in [0.15, 0.2) is 0 Å². The van der Waals surface area contributed by atoms with Gasteiger partial charge in [0.2, 0.25) is 0 Å². The summed E-state index contributed by atoms with van der Waals surface area (Å²) in [5.41, 5.74) is 6.96. The molecule has 1 aromatic rings. The summed E-state index contributed by atoms with van der Waals surface area (Å²) in [5, 5.41) is 0.567. The first-order valence-electron chi connectivity index (χ1n) is 4.60. The van der Waals surface area contributed by atoms with Crippen LogP contribution in [0.2, 0.25) is 5.15 Å². The highest BCUT2D eigenvalue weighted by Crippen LogP contribution is 2.41. The minimum absolute atomic E-state index is 0.130. The molecule has 0 spiro atoms. The van der Waals surface area contributed by atoms with Crippen molar-refractivity contribution in [2.24, 2.45) is 5.73 Å². The van der Waals surface area contributed by atoms with Crippen LogP contribution in [0.25, 0.3) is 0 Å². The average molecular weight is 197 g/mol. The molecule has 1 aliphatic rings. The quantitative estimate of drug-likeness (QED) is 0.736. The Morgan fingerprint density at radius 3 is 2.69 bits per heavy atom. The van der Waals surface area contributed by atoms with Gasteiger partial charge >= 0.3 is 0 Å². The van der Waals surface area contributed by atoms with E-state index >= 15 is 0 Å². The van der Waals surface area contributed by atoms with E-state index in [4.69, 9.17) is 17.3 Å². The molecule has 1 saturated carbocycles. The summed E-state index contributed by atoms with van der Waals surface area (Å²) in [5.74, 6) is 0. The second-order valence-corrected chi connectivity index (χ2v) is 4.07. The van der Waals surface area contributed by atoms with E-state index in [1.54, 1.807) is 6.07 Å². The summed E-state index contributed by atoms with van der Waals surface area (Å²) in [6.07, 6.45) is 3.55. The zero-order valence-corrected chi connectivity index (χ0v) is 8.22. The number of nitrogens with zero attached hydrogens (tertiary/aromatic N) is 1. The predicted molar refractivity (Wildman–Crippen MR) is 53.8 cm³/mol. The molecule has 2 N–H and O–H groups in total. The van der Waals surface area contributed by atoms with Crippen molar-refractivity contribution in [2.45, 2.75) is 24.7 Å². The Balaban J connectivity index is 2.33. The predicted octanol–water partition coefficient (Wildman–Crippen LogP) is 2.12. The number of hydrogen-bond acceptors (Lipinski definition) is 2. The molecule has 70 valence electrons.